The van der Waals surface area contributed by atoms with Crippen molar-refractivity contribution in [1.29, 1.82) is 0 Å². The van der Waals surface area contributed by atoms with Gasteiger partial charge < -0.3 is 0 Å². The Morgan fingerprint density at radius 3 is 2.25 bits per heavy atom. The molecule has 0 aliphatic heterocycles. The molecule has 0 heteroatoms. The molecule has 0 bridgehead atoms. The molecule has 0 heterocycles. The maximum atomic E-state index is 2.31. The highest BCUT2D eigenvalue weighted by atomic mass is 13.9. The predicted octanol–water partition coefficient (Wildman–Crippen LogP) is 4.48. The molecular weight excluding hydrogens is 144 g/mol. The molecule has 0 unspecified atom stereocenters. The van der Waals surface area contributed by atoms with Gasteiger partial charge in [-0.05, 0) is 33.1 Å². The van der Waals surface area contributed by atoms with Gasteiger partial charge in [0.05, 0.1) is 0 Å². The van der Waals surface area contributed by atoms with Gasteiger partial charge >= 0.3 is 0 Å². The highest BCUT2D eigenvalue weighted by Gasteiger charge is 1.80. The van der Waals surface area contributed by atoms with Crippen molar-refractivity contribution in [2.75, 3.05) is 0 Å². The van der Waals surface area contributed by atoms with Crippen LogP contribution in [0.1, 0.15) is 52.9 Å². The summed E-state index contributed by atoms with van der Waals surface area (Å²) in [6.45, 7) is 6.54. The Bertz CT molecular complexity index is 136. The normalized spacial score (nSPS) is 10.6. The lowest BCUT2D eigenvalue weighted by atomic mass is 10.2. The molecule has 70 valence electrons. The van der Waals surface area contributed by atoms with Gasteiger partial charge in [0.2, 0.25) is 0 Å². The van der Waals surface area contributed by atoms with Crippen LogP contribution in [0.2, 0.25) is 0 Å². The molecule has 0 rings (SSSR count). The van der Waals surface area contributed by atoms with E-state index in [9.17, 15) is 0 Å². The van der Waals surface area contributed by atoms with Crippen LogP contribution < -0.4 is 0 Å². The summed E-state index contributed by atoms with van der Waals surface area (Å²) in [5.74, 6) is 0. The topological polar surface area (TPSA) is 0 Å². The lowest BCUT2D eigenvalue weighted by molar-refractivity contribution is 0.811. The van der Waals surface area contributed by atoms with E-state index in [1.165, 1.54) is 37.7 Å². The van der Waals surface area contributed by atoms with Crippen LogP contribution in [0.5, 0.6) is 0 Å². The quantitative estimate of drug-likeness (QED) is 0.403. The molecule has 0 fully saturated rings. The van der Waals surface area contributed by atoms with E-state index in [2.05, 4.69) is 39.0 Å². The summed E-state index contributed by atoms with van der Waals surface area (Å²) in [5.41, 5.74) is 1.43. The van der Waals surface area contributed by atoms with Crippen LogP contribution in [0.25, 0.3) is 0 Å². The molecule has 0 aliphatic rings. The van der Waals surface area contributed by atoms with Crippen molar-refractivity contribution in [3.8, 4) is 0 Å². The summed E-state index contributed by atoms with van der Waals surface area (Å²) >= 11 is 0. The maximum Gasteiger partial charge on any atom is -0.0314 e. The Labute approximate surface area is 77.4 Å². The Morgan fingerprint density at radius 2 is 1.67 bits per heavy atom. The minimum Gasteiger partial charge on any atom is -0.0885 e. The monoisotopic (exact) mass is 166 g/mol. The number of rotatable bonds is 6. The average molecular weight is 166 g/mol. The second-order valence-corrected chi connectivity index (χ2v) is 3.47. The second-order valence-electron chi connectivity index (χ2n) is 3.47. The minimum absolute atomic E-state index is 1.20. The molecule has 0 atom stereocenters. The second kappa shape index (κ2) is 8.58. The van der Waals surface area contributed by atoms with E-state index >= 15 is 0 Å². The van der Waals surface area contributed by atoms with Crippen molar-refractivity contribution in [1.82, 2.24) is 0 Å². The van der Waals surface area contributed by atoms with Gasteiger partial charge in [-0.2, -0.15) is 0 Å². The molecule has 0 saturated carbocycles. The number of allylic oxidation sites excluding steroid dienone is 4. The van der Waals surface area contributed by atoms with Crippen molar-refractivity contribution in [3.63, 3.8) is 0 Å². The fraction of sp³-hybridized carbons (Fsp3) is 0.667. The van der Waals surface area contributed by atoms with Crippen molar-refractivity contribution in [2.24, 2.45) is 0 Å². The standard InChI is InChI=1S/C12H22/c1-4-5-6-7-8-9-10-11-12(2)3/h7-8,11H,4-6,9-10H2,1-3H3/b8-7+. The molecule has 0 nitrogen and oxygen atoms in total. The number of hydrogen-bond donors (Lipinski definition) is 0. The van der Waals surface area contributed by atoms with E-state index in [0.717, 1.165) is 0 Å². The third-order valence-electron chi connectivity index (χ3n) is 1.78. The SMILES string of the molecule is CCCC/C=C/CCC=C(C)C. The fourth-order valence-corrected chi connectivity index (χ4v) is 1.03. The molecular formula is C12H22. The summed E-state index contributed by atoms with van der Waals surface area (Å²) in [5, 5.41) is 0. The average Bonchev–Trinajstić information content (AvgIpc) is 2.02. The minimum atomic E-state index is 1.20. The zero-order valence-corrected chi connectivity index (χ0v) is 8.77. The van der Waals surface area contributed by atoms with Crippen molar-refractivity contribution in [2.45, 2.75) is 52.9 Å². The molecule has 0 amide bonds. The summed E-state index contributed by atoms with van der Waals surface area (Å²) in [4.78, 5) is 0. The predicted molar refractivity (Wildman–Crippen MR) is 57.3 cm³/mol. The van der Waals surface area contributed by atoms with Gasteiger partial charge in [-0.15, -0.1) is 0 Å². The molecule has 0 aromatic carbocycles. The largest absolute Gasteiger partial charge is 0.0885 e. The molecule has 0 saturated heterocycles. The van der Waals surface area contributed by atoms with E-state index in [-0.39, 0.29) is 0 Å². The molecule has 0 radical (unpaired) electrons. The van der Waals surface area contributed by atoms with E-state index in [4.69, 9.17) is 0 Å². The van der Waals surface area contributed by atoms with Crippen molar-refractivity contribution in [3.05, 3.63) is 23.8 Å². The van der Waals surface area contributed by atoms with Gasteiger partial charge in [0.25, 0.3) is 0 Å². The summed E-state index contributed by atoms with van der Waals surface area (Å²) in [6, 6.07) is 0. The Hall–Kier alpha value is -0.520. The first kappa shape index (κ1) is 11.5. The van der Waals surface area contributed by atoms with Crippen molar-refractivity contribution < 1.29 is 0 Å². The van der Waals surface area contributed by atoms with Crippen LogP contribution in [-0.4, -0.2) is 0 Å². The molecule has 12 heavy (non-hydrogen) atoms. The Kier molecular flexibility index (Phi) is 8.20. The van der Waals surface area contributed by atoms with Gasteiger partial charge in [0.1, 0.15) is 0 Å². The van der Waals surface area contributed by atoms with Gasteiger partial charge in [-0.25, -0.2) is 0 Å². The van der Waals surface area contributed by atoms with E-state index in [0.29, 0.717) is 0 Å². The zero-order valence-electron chi connectivity index (χ0n) is 8.77. The maximum absolute atomic E-state index is 2.31. The fourth-order valence-electron chi connectivity index (χ4n) is 1.03. The zero-order chi connectivity index (χ0) is 9.23. The van der Waals surface area contributed by atoms with Crippen LogP contribution >= 0.6 is 0 Å². The molecule has 0 aliphatic carbocycles. The third-order valence-corrected chi connectivity index (χ3v) is 1.78. The summed E-state index contributed by atoms with van der Waals surface area (Å²) in [7, 11) is 0. The van der Waals surface area contributed by atoms with E-state index in [1.54, 1.807) is 0 Å². The molecule has 0 aromatic rings. The van der Waals surface area contributed by atoms with Crippen LogP contribution in [0.4, 0.5) is 0 Å². The van der Waals surface area contributed by atoms with Crippen molar-refractivity contribution >= 4 is 0 Å². The van der Waals surface area contributed by atoms with Crippen LogP contribution in [0, 0.1) is 0 Å². The van der Waals surface area contributed by atoms with Gasteiger partial charge in [-0.1, -0.05) is 43.6 Å². The van der Waals surface area contributed by atoms with Crippen LogP contribution in [-0.2, 0) is 0 Å². The van der Waals surface area contributed by atoms with Gasteiger partial charge in [0, 0.05) is 0 Å². The number of hydrogen-bond acceptors (Lipinski definition) is 0. The third kappa shape index (κ3) is 9.48. The highest BCUT2D eigenvalue weighted by Crippen LogP contribution is 2.00. The lowest BCUT2D eigenvalue weighted by Gasteiger charge is -1.90. The van der Waals surface area contributed by atoms with E-state index in [1.807, 2.05) is 0 Å². The first-order chi connectivity index (χ1) is 5.77. The Balaban J connectivity index is 3.19. The van der Waals surface area contributed by atoms with Crippen LogP contribution in [0.3, 0.4) is 0 Å². The Morgan fingerprint density at radius 1 is 1.00 bits per heavy atom. The first-order valence-corrected chi connectivity index (χ1v) is 5.05. The molecule has 0 N–H and O–H groups in total. The highest BCUT2D eigenvalue weighted by molar-refractivity contribution is 4.94. The number of unbranched alkanes of at least 4 members (excludes halogenated alkanes) is 3. The van der Waals surface area contributed by atoms with E-state index < -0.39 is 0 Å². The molecule has 0 aromatic heterocycles. The summed E-state index contributed by atoms with van der Waals surface area (Å²) in [6.07, 6.45) is 13.2. The molecule has 0 spiro atoms. The van der Waals surface area contributed by atoms with Gasteiger partial charge in [0.15, 0.2) is 0 Å². The smallest absolute Gasteiger partial charge is 0.0314 e. The first-order valence-electron chi connectivity index (χ1n) is 5.05. The van der Waals surface area contributed by atoms with Gasteiger partial charge in [-0.3, -0.25) is 0 Å². The summed E-state index contributed by atoms with van der Waals surface area (Å²) < 4.78 is 0. The lowest BCUT2D eigenvalue weighted by Crippen LogP contribution is -1.70. The van der Waals surface area contributed by atoms with Crippen LogP contribution in [0.15, 0.2) is 23.8 Å².